The Hall–Kier alpha value is -1.97. The van der Waals surface area contributed by atoms with Gasteiger partial charge >= 0.3 is 0 Å². The van der Waals surface area contributed by atoms with Crippen molar-refractivity contribution in [2.75, 3.05) is 6.61 Å². The third-order valence-corrected chi connectivity index (χ3v) is 6.81. The van der Waals surface area contributed by atoms with Gasteiger partial charge in [0.15, 0.2) is 0 Å². The van der Waals surface area contributed by atoms with E-state index in [-0.39, 0.29) is 0 Å². The molecule has 3 nitrogen and oxygen atoms in total. The number of hydrogen-bond donors (Lipinski definition) is 1. The molecule has 0 aromatic heterocycles. The Kier molecular flexibility index (Phi) is 10.3. The molecule has 0 aliphatic carbocycles. The highest BCUT2D eigenvalue weighted by atomic mass is 16.5. The molecule has 0 amide bonds. The topological polar surface area (TPSA) is 41.8 Å². The first-order chi connectivity index (χ1) is 15.6. The quantitative estimate of drug-likeness (QED) is 0.244. The monoisotopic (exact) mass is 451 g/mol. The highest BCUT2D eigenvalue weighted by Gasteiger charge is 2.36. The Bertz CT molecular complexity index is 860. The number of allylic oxidation sites excluding steroid dienone is 3. The first kappa shape index (κ1) is 27.3. The zero-order valence-electron chi connectivity index (χ0n) is 21.8. The van der Waals surface area contributed by atoms with Crippen LogP contribution in [-0.4, -0.2) is 24.0 Å². The van der Waals surface area contributed by atoms with Gasteiger partial charge in [-0.2, -0.15) is 0 Å². The van der Waals surface area contributed by atoms with Gasteiger partial charge in [0.1, 0.15) is 11.7 Å². The molecule has 2 unspecified atom stereocenters. The van der Waals surface area contributed by atoms with E-state index in [4.69, 9.17) is 4.74 Å². The summed E-state index contributed by atoms with van der Waals surface area (Å²) in [5, 5.41) is 11.0. The molecule has 0 spiro atoms. The Morgan fingerprint density at radius 3 is 2.42 bits per heavy atom. The van der Waals surface area contributed by atoms with Gasteiger partial charge in [-0.05, 0) is 74.5 Å². The number of ether oxygens (including phenoxy) is 1. The number of hydrogen-bond acceptors (Lipinski definition) is 3. The van der Waals surface area contributed by atoms with E-state index in [0.717, 1.165) is 55.3 Å². The Balaban J connectivity index is 2.11. The smallest absolute Gasteiger partial charge is 0.120 e. The van der Waals surface area contributed by atoms with Gasteiger partial charge in [0, 0.05) is 12.8 Å². The van der Waals surface area contributed by atoms with E-state index in [9.17, 15) is 5.11 Å². The van der Waals surface area contributed by atoms with Gasteiger partial charge in [-0.15, -0.1) is 0 Å². The van der Waals surface area contributed by atoms with E-state index < -0.39 is 11.7 Å². The minimum atomic E-state index is -0.841. The summed E-state index contributed by atoms with van der Waals surface area (Å²) < 4.78 is 6.43. The normalized spacial score (nSPS) is 17.4. The lowest BCUT2D eigenvalue weighted by molar-refractivity contribution is -0.105. The predicted molar refractivity (Wildman–Crippen MR) is 143 cm³/mol. The maximum absolute atomic E-state index is 11.0. The highest BCUT2D eigenvalue weighted by molar-refractivity contribution is 5.76. The Morgan fingerprint density at radius 1 is 1.18 bits per heavy atom. The molecule has 1 heterocycles. The average molecular weight is 452 g/mol. The van der Waals surface area contributed by atoms with Crippen LogP contribution in [0, 0.1) is 5.41 Å². The van der Waals surface area contributed by atoms with Gasteiger partial charge in [0.05, 0.1) is 5.70 Å². The van der Waals surface area contributed by atoms with Crippen molar-refractivity contribution in [2.45, 2.75) is 98.2 Å². The van der Waals surface area contributed by atoms with Crippen molar-refractivity contribution in [1.82, 2.24) is 0 Å². The first-order valence-electron chi connectivity index (χ1n) is 12.6. The summed E-state index contributed by atoms with van der Waals surface area (Å²) in [5.41, 5.74) is 4.77. The summed E-state index contributed by atoms with van der Waals surface area (Å²) in [6.07, 6.45) is 13.1. The van der Waals surface area contributed by atoms with Crippen LogP contribution in [-0.2, 0) is 10.3 Å². The lowest BCUT2D eigenvalue weighted by Crippen LogP contribution is -2.40. The fourth-order valence-corrected chi connectivity index (χ4v) is 4.34. The van der Waals surface area contributed by atoms with Crippen molar-refractivity contribution >= 4 is 11.9 Å². The van der Waals surface area contributed by atoms with Crippen molar-refractivity contribution in [2.24, 2.45) is 10.4 Å². The number of rotatable bonds is 13. The summed E-state index contributed by atoms with van der Waals surface area (Å²) in [6, 6.07) is 8.26. The van der Waals surface area contributed by atoms with Crippen LogP contribution in [0.4, 0.5) is 0 Å². The van der Waals surface area contributed by atoms with Crippen molar-refractivity contribution in [3.8, 4) is 0 Å². The molecule has 1 N–H and O–H groups in total. The van der Waals surface area contributed by atoms with Crippen LogP contribution in [0.3, 0.4) is 0 Å². The number of aliphatic hydroxyl groups is 1. The van der Waals surface area contributed by atoms with Crippen molar-refractivity contribution in [1.29, 1.82) is 0 Å². The SMILES string of the molecule is C=C(C)C(O)C(C)(OCCC/C(=C\CC)CC(C)(C)CC)c1ccc(C2=CCCC=N2)cc1. The molecule has 0 saturated heterocycles. The zero-order valence-corrected chi connectivity index (χ0v) is 21.8. The second-order valence-electron chi connectivity index (χ2n) is 10.3. The fraction of sp³-hybridized carbons (Fsp3) is 0.567. The molecule has 2 atom stereocenters. The average Bonchev–Trinajstić information content (AvgIpc) is 2.81. The molecule has 1 aliphatic heterocycles. The number of benzene rings is 1. The van der Waals surface area contributed by atoms with Gasteiger partial charge in [-0.25, -0.2) is 0 Å². The van der Waals surface area contributed by atoms with Gasteiger partial charge in [0.2, 0.25) is 0 Å². The standard InChI is InChI=1S/C30H45NO2/c1-8-13-24(22-29(5,6)9-2)14-12-21-33-30(7,28(32)23(3)4)26-18-16-25(17-19-26)27-15-10-11-20-31-27/h13,15-20,28,32H,3,8-12,14,21-22H2,1-2,4-7H3/b24-13+. The molecule has 3 heteroatoms. The summed E-state index contributed by atoms with van der Waals surface area (Å²) in [7, 11) is 0. The van der Waals surface area contributed by atoms with E-state index in [1.807, 2.05) is 20.1 Å². The van der Waals surface area contributed by atoms with E-state index in [1.165, 1.54) is 12.0 Å². The third kappa shape index (κ3) is 7.79. The number of nitrogens with zero attached hydrogens (tertiary/aromatic N) is 1. The Morgan fingerprint density at radius 2 is 1.88 bits per heavy atom. The summed E-state index contributed by atoms with van der Waals surface area (Å²) in [4.78, 5) is 4.51. The van der Waals surface area contributed by atoms with Crippen LogP contribution in [0.15, 0.2) is 59.1 Å². The molecular formula is C30H45NO2. The second kappa shape index (κ2) is 12.5. The van der Waals surface area contributed by atoms with Gasteiger partial charge < -0.3 is 9.84 Å². The van der Waals surface area contributed by atoms with Crippen LogP contribution >= 0.6 is 0 Å². The third-order valence-electron chi connectivity index (χ3n) is 6.81. The molecule has 1 aromatic rings. The van der Waals surface area contributed by atoms with Crippen molar-refractivity contribution in [3.05, 3.63) is 65.3 Å². The minimum absolute atomic E-state index is 0.325. The van der Waals surface area contributed by atoms with Crippen LogP contribution < -0.4 is 0 Å². The van der Waals surface area contributed by atoms with Crippen LogP contribution in [0.2, 0.25) is 0 Å². The fourth-order valence-electron chi connectivity index (χ4n) is 4.34. The summed E-state index contributed by atoms with van der Waals surface area (Å²) >= 11 is 0. The van der Waals surface area contributed by atoms with E-state index in [1.54, 1.807) is 0 Å². The largest absolute Gasteiger partial charge is 0.385 e. The minimum Gasteiger partial charge on any atom is -0.385 e. The van der Waals surface area contributed by atoms with Gasteiger partial charge in [0.25, 0.3) is 0 Å². The lowest BCUT2D eigenvalue weighted by Gasteiger charge is -2.36. The van der Waals surface area contributed by atoms with E-state index in [0.29, 0.717) is 17.6 Å². The van der Waals surface area contributed by atoms with Gasteiger partial charge in [-0.1, -0.05) is 82.7 Å². The molecule has 1 aliphatic rings. The molecule has 0 fully saturated rings. The maximum Gasteiger partial charge on any atom is 0.120 e. The molecular weight excluding hydrogens is 406 g/mol. The van der Waals surface area contributed by atoms with E-state index in [2.05, 4.69) is 75.7 Å². The zero-order chi connectivity index (χ0) is 24.5. The van der Waals surface area contributed by atoms with Crippen LogP contribution in [0.25, 0.3) is 5.70 Å². The first-order valence-corrected chi connectivity index (χ1v) is 12.6. The lowest BCUT2D eigenvalue weighted by atomic mass is 9.82. The van der Waals surface area contributed by atoms with Crippen LogP contribution in [0.5, 0.6) is 0 Å². The highest BCUT2D eigenvalue weighted by Crippen LogP contribution is 2.35. The molecule has 33 heavy (non-hydrogen) atoms. The van der Waals surface area contributed by atoms with Gasteiger partial charge in [-0.3, -0.25) is 4.99 Å². The molecule has 0 saturated carbocycles. The molecule has 1 aromatic carbocycles. The molecule has 0 radical (unpaired) electrons. The predicted octanol–water partition coefficient (Wildman–Crippen LogP) is 8.00. The molecule has 2 rings (SSSR count). The van der Waals surface area contributed by atoms with Crippen LogP contribution in [0.1, 0.15) is 97.6 Å². The Labute approximate surface area is 202 Å². The number of aliphatic hydroxyl groups excluding tert-OH is 1. The summed E-state index contributed by atoms with van der Waals surface area (Å²) in [5.74, 6) is 0. The molecule has 182 valence electrons. The van der Waals surface area contributed by atoms with E-state index >= 15 is 0 Å². The maximum atomic E-state index is 11.0. The molecule has 0 bridgehead atoms. The second-order valence-corrected chi connectivity index (χ2v) is 10.3. The van der Waals surface area contributed by atoms with Crippen molar-refractivity contribution < 1.29 is 9.84 Å². The van der Waals surface area contributed by atoms with Crippen molar-refractivity contribution in [3.63, 3.8) is 0 Å². The summed E-state index contributed by atoms with van der Waals surface area (Å²) in [6.45, 7) is 17.6. The number of aliphatic imine (C=N–C) groups is 1.